The average Bonchev–Trinajstić information content (AvgIpc) is 3.10. The lowest BCUT2D eigenvalue weighted by Crippen LogP contribution is -2.66. The summed E-state index contributed by atoms with van der Waals surface area (Å²) in [5.41, 5.74) is -0.165. The third-order valence-electron chi connectivity index (χ3n) is 16.5. The molecular formula is C41H62O13. The molecule has 2 aliphatic heterocycles. The fraction of sp³-hybridized carbons (Fsp3) is 0.878. The molecule has 4 saturated carbocycles. The smallest absolute Gasteiger partial charge is 0.350 e. The molecule has 2 heterocycles. The highest BCUT2D eigenvalue weighted by Gasteiger charge is 2.70. The summed E-state index contributed by atoms with van der Waals surface area (Å²) in [6.45, 7) is 15.3. The van der Waals surface area contributed by atoms with Crippen LogP contribution < -0.4 is 0 Å². The van der Waals surface area contributed by atoms with Crippen LogP contribution in [0, 0.1) is 50.2 Å². The first-order valence-corrected chi connectivity index (χ1v) is 20.1. The van der Waals surface area contributed by atoms with E-state index in [0.717, 1.165) is 44.9 Å². The van der Waals surface area contributed by atoms with Crippen molar-refractivity contribution in [2.24, 2.45) is 50.2 Å². The molecule has 5 aliphatic carbocycles. The van der Waals surface area contributed by atoms with Crippen LogP contribution in [-0.2, 0) is 38.1 Å². The zero-order valence-electron chi connectivity index (χ0n) is 32.9. The molecule has 0 aromatic carbocycles. The van der Waals surface area contributed by atoms with Gasteiger partial charge in [-0.1, -0.05) is 60.1 Å². The van der Waals surface area contributed by atoms with Gasteiger partial charge in [0.2, 0.25) is 18.7 Å². The first-order chi connectivity index (χ1) is 25.1. The highest BCUT2D eigenvalue weighted by Crippen LogP contribution is 2.76. The highest BCUT2D eigenvalue weighted by molar-refractivity contribution is 5.80. The number of hydrogen-bond acceptors (Lipinski definition) is 12. The van der Waals surface area contributed by atoms with E-state index in [0.29, 0.717) is 25.2 Å². The van der Waals surface area contributed by atoms with Crippen LogP contribution in [0.3, 0.4) is 0 Å². The molecule has 5 N–H and O–H groups in total. The number of aliphatic hydroxyl groups is 4. The number of allylic oxidation sites excluding steroid dienone is 2. The molecule has 0 aromatic rings. The van der Waals surface area contributed by atoms with E-state index < -0.39 is 73.0 Å². The van der Waals surface area contributed by atoms with Gasteiger partial charge in [-0.2, -0.15) is 0 Å². The topological polar surface area (TPSA) is 199 Å². The minimum Gasteiger partial charge on any atom is -0.478 e. The van der Waals surface area contributed by atoms with Gasteiger partial charge >= 0.3 is 17.9 Å². The van der Waals surface area contributed by atoms with Gasteiger partial charge in [0.25, 0.3) is 0 Å². The molecule has 6 fully saturated rings. The summed E-state index contributed by atoms with van der Waals surface area (Å²) in [6, 6.07) is 0. The molecule has 7 rings (SSSR count). The minimum atomic E-state index is -1.66. The van der Waals surface area contributed by atoms with Crippen LogP contribution in [0.15, 0.2) is 11.6 Å². The fourth-order valence-corrected chi connectivity index (χ4v) is 13.1. The van der Waals surface area contributed by atoms with E-state index in [-0.39, 0.29) is 51.6 Å². The number of aliphatic carboxylic acids is 1. The number of carbonyl (C=O) groups is 3. The van der Waals surface area contributed by atoms with Crippen LogP contribution >= 0.6 is 0 Å². The summed E-state index contributed by atoms with van der Waals surface area (Å²) in [7, 11) is 0. The summed E-state index contributed by atoms with van der Waals surface area (Å²) < 4.78 is 28.7. The second-order valence-corrected chi connectivity index (χ2v) is 19.9. The summed E-state index contributed by atoms with van der Waals surface area (Å²) in [4.78, 5) is 38.3. The highest BCUT2D eigenvalue weighted by atomic mass is 16.7. The number of aliphatic hydroxyl groups excluding tert-OH is 4. The van der Waals surface area contributed by atoms with E-state index in [4.69, 9.17) is 23.7 Å². The van der Waals surface area contributed by atoms with Crippen LogP contribution in [0.5, 0.6) is 0 Å². The Labute approximate surface area is 318 Å². The van der Waals surface area contributed by atoms with Gasteiger partial charge in [-0.25, -0.2) is 9.59 Å². The molecule has 304 valence electrons. The molecule has 0 aromatic heterocycles. The molecule has 0 radical (unpaired) electrons. The van der Waals surface area contributed by atoms with Gasteiger partial charge in [0.1, 0.15) is 31.0 Å². The molecule has 0 amide bonds. The van der Waals surface area contributed by atoms with Crippen molar-refractivity contribution in [3.63, 3.8) is 0 Å². The summed E-state index contributed by atoms with van der Waals surface area (Å²) in [5, 5.41) is 51.0. The normalized spacial score (nSPS) is 49.5. The van der Waals surface area contributed by atoms with Gasteiger partial charge < -0.3 is 49.2 Å². The molecule has 54 heavy (non-hydrogen) atoms. The Kier molecular flexibility index (Phi) is 10.0. The van der Waals surface area contributed by atoms with Gasteiger partial charge in [-0.3, -0.25) is 4.79 Å². The quantitative estimate of drug-likeness (QED) is 0.193. The van der Waals surface area contributed by atoms with Crippen molar-refractivity contribution in [1.29, 1.82) is 0 Å². The van der Waals surface area contributed by atoms with E-state index >= 15 is 0 Å². The van der Waals surface area contributed by atoms with Crippen molar-refractivity contribution in [2.45, 2.75) is 162 Å². The van der Waals surface area contributed by atoms with E-state index in [2.05, 4.69) is 54.5 Å². The van der Waals surface area contributed by atoms with Crippen LogP contribution in [0.1, 0.15) is 113 Å². The Morgan fingerprint density at radius 3 is 2.26 bits per heavy atom. The van der Waals surface area contributed by atoms with Gasteiger partial charge in [-0.15, -0.1) is 0 Å². The van der Waals surface area contributed by atoms with Crippen molar-refractivity contribution in [1.82, 2.24) is 0 Å². The molecule has 15 atom stereocenters. The number of hydrogen-bond donors (Lipinski definition) is 5. The first-order valence-electron chi connectivity index (χ1n) is 20.1. The lowest BCUT2D eigenvalue weighted by Gasteiger charge is -2.71. The number of carbonyl (C=O) groups excluding carboxylic acids is 2. The van der Waals surface area contributed by atoms with Crippen molar-refractivity contribution >= 4 is 17.9 Å². The lowest BCUT2D eigenvalue weighted by molar-refractivity contribution is -0.297. The lowest BCUT2D eigenvalue weighted by atomic mass is 9.33. The molecular weight excluding hydrogens is 700 g/mol. The van der Waals surface area contributed by atoms with Crippen molar-refractivity contribution < 1.29 is 63.6 Å². The molecule has 13 heteroatoms. The van der Waals surface area contributed by atoms with Gasteiger partial charge in [0.05, 0.1) is 18.1 Å². The second-order valence-electron chi connectivity index (χ2n) is 19.9. The van der Waals surface area contributed by atoms with Crippen molar-refractivity contribution in [3.8, 4) is 0 Å². The Morgan fingerprint density at radius 2 is 1.57 bits per heavy atom. The van der Waals surface area contributed by atoms with Crippen molar-refractivity contribution in [3.05, 3.63) is 11.6 Å². The predicted octanol–water partition coefficient (Wildman–Crippen LogP) is 3.87. The predicted molar refractivity (Wildman–Crippen MR) is 191 cm³/mol. The van der Waals surface area contributed by atoms with Gasteiger partial charge in [-0.05, 0) is 109 Å². The Balaban J connectivity index is 1.16. The SMILES string of the molecule is CC1(C)CC[C@]2(C(=O)O[C@@H]3O[C@H](CO)[C@@H](O)[C@H](O)[C@H]3O)CC[C@]3(C)C(=CC[C@@H]4[C@@]5(C)CC[C@H](O[C@@H]6OCC(=O)O[C@H]6C(=O)O)C(C)(C)[C@@H]5CC[C@]43C)[C@@H]2C1. The Hall–Kier alpha value is -2.13. The Bertz CT molecular complexity index is 1540. The molecule has 0 unspecified atom stereocenters. The number of carboxylic acid groups (broad SMARTS) is 1. The molecule has 7 aliphatic rings. The maximum absolute atomic E-state index is 14.5. The average molecular weight is 763 g/mol. The summed E-state index contributed by atoms with van der Waals surface area (Å²) in [6.07, 6.45) is 0.0293. The van der Waals surface area contributed by atoms with Crippen molar-refractivity contribution in [2.75, 3.05) is 13.2 Å². The standard InChI is InChI=1S/C41H62O13/c1-36(2)14-16-41(35(49)54-33-30(46)29(45)28(44)23(19-42)51-33)17-15-39(6)21(22(41)18-36)8-9-25-38(5)12-11-26(37(3,4)24(38)10-13-40(25,39)7)52-34-31(32(47)48)53-27(43)20-50-34/h8,22-26,28-31,33-34,42,44-46H,9-20H2,1-7H3,(H,47,48)/t22-,23+,24-,25+,26-,28+,29-,30+,31-,33-,34-,38-,39+,40+,41-/m0/s1. The molecule has 13 nitrogen and oxygen atoms in total. The van der Waals surface area contributed by atoms with E-state index in [1.165, 1.54) is 5.57 Å². The third-order valence-corrected chi connectivity index (χ3v) is 16.5. The summed E-state index contributed by atoms with van der Waals surface area (Å²) in [5.74, 6) is -1.93. The number of esters is 2. The minimum absolute atomic E-state index is 0.0134. The number of cyclic esters (lactones) is 1. The van der Waals surface area contributed by atoms with Crippen LogP contribution in [0.4, 0.5) is 0 Å². The fourth-order valence-electron chi connectivity index (χ4n) is 13.1. The first kappa shape index (κ1) is 40.1. The van der Waals surface area contributed by atoms with Crippen LogP contribution in [-0.4, -0.2) is 106 Å². The number of rotatable bonds is 6. The van der Waals surface area contributed by atoms with Crippen LogP contribution in [0.25, 0.3) is 0 Å². The zero-order chi connectivity index (χ0) is 39.4. The monoisotopic (exact) mass is 762 g/mol. The second kappa shape index (κ2) is 13.5. The largest absolute Gasteiger partial charge is 0.478 e. The zero-order valence-corrected chi connectivity index (χ0v) is 32.9. The number of ether oxygens (including phenoxy) is 5. The van der Waals surface area contributed by atoms with Crippen LogP contribution in [0.2, 0.25) is 0 Å². The maximum atomic E-state index is 14.5. The van der Waals surface area contributed by atoms with E-state index in [1.54, 1.807) is 0 Å². The molecule has 0 bridgehead atoms. The van der Waals surface area contributed by atoms with Gasteiger partial charge in [0.15, 0.2) is 0 Å². The third kappa shape index (κ3) is 5.92. The number of carboxylic acids is 1. The molecule has 2 saturated heterocycles. The number of fused-ring (bicyclic) bond motifs is 7. The van der Waals surface area contributed by atoms with E-state index in [9.17, 15) is 39.9 Å². The van der Waals surface area contributed by atoms with Gasteiger partial charge in [0, 0.05) is 0 Å². The molecule has 0 spiro atoms. The Morgan fingerprint density at radius 1 is 0.870 bits per heavy atom. The maximum Gasteiger partial charge on any atom is 0.350 e. The summed E-state index contributed by atoms with van der Waals surface area (Å²) >= 11 is 0. The van der Waals surface area contributed by atoms with E-state index in [1.807, 2.05) is 0 Å².